The van der Waals surface area contributed by atoms with E-state index in [0.29, 0.717) is 0 Å². The fraction of sp³-hybridized carbons (Fsp3) is 0.360. The zero-order valence-electron chi connectivity index (χ0n) is 18.2. The average Bonchev–Trinajstić information content (AvgIpc) is 3.53. The third-order valence-corrected chi connectivity index (χ3v) is 6.71. The Hall–Kier alpha value is -2.90. The van der Waals surface area contributed by atoms with Crippen LogP contribution in [0.25, 0.3) is 0 Å². The zero-order chi connectivity index (χ0) is 21.8. The summed E-state index contributed by atoms with van der Waals surface area (Å²) >= 11 is 1.65. The van der Waals surface area contributed by atoms with Crippen LogP contribution in [0.1, 0.15) is 18.1 Å². The van der Waals surface area contributed by atoms with E-state index < -0.39 is 0 Å². The highest BCUT2D eigenvalue weighted by Crippen LogP contribution is 2.36. The quantitative estimate of drug-likeness (QED) is 0.488. The molecule has 7 heteroatoms. The molecule has 0 spiro atoms. The fourth-order valence-corrected chi connectivity index (χ4v) is 4.85. The summed E-state index contributed by atoms with van der Waals surface area (Å²) in [5.41, 5.74) is 2.29. The molecule has 0 N–H and O–H groups in total. The van der Waals surface area contributed by atoms with Gasteiger partial charge in [0, 0.05) is 44.5 Å². The molecule has 2 aliphatic heterocycles. The van der Waals surface area contributed by atoms with Gasteiger partial charge in [0.15, 0.2) is 11.5 Å². The highest BCUT2D eigenvalue weighted by molar-refractivity contribution is 7.08. The molecule has 0 saturated carbocycles. The van der Waals surface area contributed by atoms with Crippen LogP contribution in [0.5, 0.6) is 23.0 Å². The first-order valence-electron chi connectivity index (χ1n) is 11.0. The van der Waals surface area contributed by atoms with Crippen LogP contribution in [0.15, 0.2) is 59.3 Å². The molecule has 5 rings (SSSR count). The lowest BCUT2D eigenvalue weighted by Gasteiger charge is -2.37. The van der Waals surface area contributed by atoms with Gasteiger partial charge in [-0.2, -0.15) is 0 Å². The molecule has 6 nitrogen and oxygen atoms in total. The molecule has 2 aliphatic rings. The molecule has 1 saturated heterocycles. The fourth-order valence-electron chi connectivity index (χ4n) is 4.29. The Balaban J connectivity index is 1.22. The Morgan fingerprint density at radius 2 is 1.84 bits per heavy atom. The van der Waals surface area contributed by atoms with E-state index >= 15 is 0 Å². The number of thiophene rings is 1. The van der Waals surface area contributed by atoms with Crippen LogP contribution >= 0.6 is 11.3 Å². The minimum Gasteiger partial charge on any atom is -0.495 e. The van der Waals surface area contributed by atoms with Crippen molar-refractivity contribution < 1.29 is 18.9 Å². The van der Waals surface area contributed by atoms with Crippen molar-refractivity contribution in [2.75, 3.05) is 51.5 Å². The summed E-state index contributed by atoms with van der Waals surface area (Å²) in [5, 5.41) is 4.09. The van der Waals surface area contributed by atoms with E-state index in [4.69, 9.17) is 18.9 Å². The minimum absolute atomic E-state index is 0.0358. The first-order valence-corrected chi connectivity index (χ1v) is 11.9. The Morgan fingerprint density at radius 1 is 1.00 bits per heavy atom. The second-order valence-electron chi connectivity index (χ2n) is 7.97. The smallest absolute Gasteiger partial charge is 0.231 e. The molecule has 2 aromatic carbocycles. The number of piperazine rings is 1. The zero-order valence-corrected chi connectivity index (χ0v) is 19.1. The molecule has 0 bridgehead atoms. The van der Waals surface area contributed by atoms with E-state index in [9.17, 15) is 0 Å². The molecular weight excluding hydrogens is 424 g/mol. The molecule has 0 amide bonds. The standard InChI is InChI=1S/C25H28N2O4S/c1-28-23-5-3-2-4-21(23)27-13-11-26(12-14-27)10-8-22(31-20-9-15-32-17-20)19-6-7-24-25(16-19)30-18-29-24/h2-7,9,15-17,22H,8,10-14,18H2,1H3. The number of benzene rings is 2. The lowest BCUT2D eigenvalue weighted by molar-refractivity contribution is 0.159. The number of para-hydroxylation sites is 2. The molecular formula is C25H28N2O4S. The van der Waals surface area contributed by atoms with Crippen LogP contribution in [0.4, 0.5) is 5.69 Å². The number of fused-ring (bicyclic) bond motifs is 1. The summed E-state index contributed by atoms with van der Waals surface area (Å²) in [6.45, 7) is 5.27. The van der Waals surface area contributed by atoms with Gasteiger partial charge in [-0.15, -0.1) is 11.3 Å². The first kappa shape index (κ1) is 21.0. The normalized spacial score (nSPS) is 16.7. The maximum Gasteiger partial charge on any atom is 0.231 e. The van der Waals surface area contributed by atoms with E-state index in [-0.39, 0.29) is 12.9 Å². The molecule has 0 aliphatic carbocycles. The second kappa shape index (κ2) is 9.71. The van der Waals surface area contributed by atoms with Crippen LogP contribution in [-0.2, 0) is 0 Å². The highest BCUT2D eigenvalue weighted by atomic mass is 32.1. The molecule has 1 fully saturated rings. The van der Waals surface area contributed by atoms with Crippen LogP contribution in [0, 0.1) is 0 Å². The van der Waals surface area contributed by atoms with E-state index in [0.717, 1.165) is 67.7 Å². The van der Waals surface area contributed by atoms with Gasteiger partial charge < -0.3 is 23.8 Å². The van der Waals surface area contributed by atoms with Gasteiger partial charge in [-0.3, -0.25) is 4.90 Å². The number of ether oxygens (including phenoxy) is 4. The Bertz CT molecular complexity index is 1020. The van der Waals surface area contributed by atoms with Crippen molar-refractivity contribution in [1.29, 1.82) is 0 Å². The first-order chi connectivity index (χ1) is 15.8. The average molecular weight is 453 g/mol. The molecule has 3 aromatic rings. The number of methoxy groups -OCH3 is 1. The van der Waals surface area contributed by atoms with Gasteiger partial charge in [0.2, 0.25) is 6.79 Å². The summed E-state index contributed by atoms with van der Waals surface area (Å²) < 4.78 is 23.0. The SMILES string of the molecule is COc1ccccc1N1CCN(CCC(Oc2ccsc2)c2ccc3c(c2)OCO3)CC1. The number of rotatable bonds is 8. The molecule has 0 radical (unpaired) electrons. The Kier molecular flexibility index (Phi) is 6.36. The third-order valence-electron chi connectivity index (χ3n) is 6.05. The molecule has 3 heterocycles. The van der Waals surface area contributed by atoms with Crippen molar-refractivity contribution in [3.63, 3.8) is 0 Å². The lowest BCUT2D eigenvalue weighted by atomic mass is 10.0. The molecule has 1 aromatic heterocycles. The van der Waals surface area contributed by atoms with E-state index in [2.05, 4.69) is 34.1 Å². The van der Waals surface area contributed by atoms with Crippen molar-refractivity contribution in [3.05, 3.63) is 64.9 Å². The van der Waals surface area contributed by atoms with Crippen LogP contribution < -0.4 is 23.8 Å². The number of hydrogen-bond donors (Lipinski definition) is 0. The van der Waals surface area contributed by atoms with Gasteiger partial charge in [-0.1, -0.05) is 18.2 Å². The van der Waals surface area contributed by atoms with Crippen molar-refractivity contribution in [2.24, 2.45) is 0 Å². The molecule has 1 atom stereocenters. The maximum absolute atomic E-state index is 6.37. The highest BCUT2D eigenvalue weighted by Gasteiger charge is 2.23. The Labute approximate surface area is 192 Å². The third kappa shape index (κ3) is 4.64. The van der Waals surface area contributed by atoms with Gasteiger partial charge in [-0.25, -0.2) is 0 Å². The number of anilines is 1. The number of hydrogen-bond acceptors (Lipinski definition) is 7. The van der Waals surface area contributed by atoms with Gasteiger partial charge in [0.25, 0.3) is 0 Å². The van der Waals surface area contributed by atoms with Crippen molar-refractivity contribution in [3.8, 4) is 23.0 Å². The van der Waals surface area contributed by atoms with E-state index in [1.54, 1.807) is 18.4 Å². The largest absolute Gasteiger partial charge is 0.495 e. The molecule has 1 unspecified atom stereocenters. The summed E-state index contributed by atoms with van der Waals surface area (Å²) in [5.74, 6) is 3.45. The lowest BCUT2D eigenvalue weighted by Crippen LogP contribution is -2.47. The Morgan fingerprint density at radius 3 is 2.66 bits per heavy atom. The number of nitrogens with zero attached hydrogens (tertiary/aromatic N) is 2. The van der Waals surface area contributed by atoms with Crippen LogP contribution in [0.2, 0.25) is 0 Å². The van der Waals surface area contributed by atoms with E-state index in [1.807, 2.05) is 35.0 Å². The minimum atomic E-state index is -0.0358. The summed E-state index contributed by atoms with van der Waals surface area (Å²) in [4.78, 5) is 4.93. The summed E-state index contributed by atoms with van der Waals surface area (Å²) in [7, 11) is 1.73. The summed E-state index contributed by atoms with van der Waals surface area (Å²) in [6, 6.07) is 16.4. The van der Waals surface area contributed by atoms with Crippen molar-refractivity contribution >= 4 is 17.0 Å². The van der Waals surface area contributed by atoms with Crippen LogP contribution in [-0.4, -0.2) is 51.5 Å². The topological polar surface area (TPSA) is 43.4 Å². The molecule has 168 valence electrons. The van der Waals surface area contributed by atoms with Gasteiger partial charge >= 0.3 is 0 Å². The van der Waals surface area contributed by atoms with Gasteiger partial charge in [0.1, 0.15) is 17.6 Å². The van der Waals surface area contributed by atoms with Crippen molar-refractivity contribution in [2.45, 2.75) is 12.5 Å². The van der Waals surface area contributed by atoms with E-state index in [1.165, 1.54) is 5.69 Å². The second-order valence-corrected chi connectivity index (χ2v) is 8.75. The van der Waals surface area contributed by atoms with Gasteiger partial charge in [-0.05, 0) is 41.3 Å². The predicted octanol–water partition coefficient (Wildman–Crippen LogP) is 4.82. The molecule has 32 heavy (non-hydrogen) atoms. The predicted molar refractivity (Wildman–Crippen MR) is 127 cm³/mol. The maximum atomic E-state index is 6.37. The van der Waals surface area contributed by atoms with Crippen LogP contribution in [0.3, 0.4) is 0 Å². The monoisotopic (exact) mass is 452 g/mol. The van der Waals surface area contributed by atoms with Gasteiger partial charge in [0.05, 0.1) is 12.8 Å². The summed E-state index contributed by atoms with van der Waals surface area (Å²) in [6.07, 6.45) is 0.871. The van der Waals surface area contributed by atoms with Crippen molar-refractivity contribution in [1.82, 2.24) is 4.90 Å².